The lowest BCUT2D eigenvalue weighted by molar-refractivity contribution is 0.0697. The second-order valence-electron chi connectivity index (χ2n) is 4.08. The molecule has 0 unspecified atom stereocenters. The third-order valence-electron chi connectivity index (χ3n) is 2.59. The number of aryl methyl sites for hydroxylation is 1. The molecule has 0 atom stereocenters. The molecule has 0 saturated carbocycles. The molecule has 5 nitrogen and oxygen atoms in total. The van der Waals surface area contributed by atoms with E-state index in [1.165, 1.54) is 35.6 Å². The van der Waals surface area contributed by atoms with Crippen LogP contribution in [-0.2, 0) is 10.0 Å². The van der Waals surface area contributed by atoms with E-state index in [9.17, 15) is 13.2 Å². The van der Waals surface area contributed by atoms with Crippen LogP contribution in [0.4, 0.5) is 5.69 Å². The topological polar surface area (TPSA) is 83.5 Å². The molecule has 0 aliphatic rings. The van der Waals surface area contributed by atoms with Crippen molar-refractivity contribution in [3.05, 3.63) is 43.5 Å². The van der Waals surface area contributed by atoms with E-state index >= 15 is 0 Å². The highest BCUT2D eigenvalue weighted by Crippen LogP contribution is 2.32. The van der Waals surface area contributed by atoms with E-state index in [2.05, 4.69) is 20.7 Å². The summed E-state index contributed by atoms with van der Waals surface area (Å²) < 4.78 is 27.7. The molecular formula is C12H9BrClNO4S2. The van der Waals surface area contributed by atoms with Gasteiger partial charge in [-0.1, -0.05) is 11.6 Å². The van der Waals surface area contributed by atoms with Crippen LogP contribution in [-0.4, -0.2) is 19.5 Å². The Morgan fingerprint density at radius 3 is 2.57 bits per heavy atom. The Morgan fingerprint density at radius 2 is 2.05 bits per heavy atom. The first-order valence-electron chi connectivity index (χ1n) is 5.52. The maximum absolute atomic E-state index is 12.3. The molecule has 2 rings (SSSR count). The van der Waals surface area contributed by atoms with Crippen LogP contribution in [0.5, 0.6) is 0 Å². The van der Waals surface area contributed by atoms with Crippen molar-refractivity contribution in [2.24, 2.45) is 0 Å². The molecule has 9 heteroatoms. The Kier molecular flexibility index (Phi) is 4.62. The van der Waals surface area contributed by atoms with Gasteiger partial charge in [0.1, 0.15) is 4.90 Å². The number of aromatic carboxylic acids is 1. The Labute approximate surface area is 138 Å². The van der Waals surface area contributed by atoms with Crippen molar-refractivity contribution in [1.82, 2.24) is 0 Å². The van der Waals surface area contributed by atoms with Crippen molar-refractivity contribution < 1.29 is 18.3 Å². The molecule has 2 aromatic rings. The summed E-state index contributed by atoms with van der Waals surface area (Å²) in [5.41, 5.74) is -0.0291. The maximum atomic E-state index is 12.3. The van der Waals surface area contributed by atoms with Crippen LogP contribution in [0.2, 0.25) is 5.02 Å². The maximum Gasteiger partial charge on any atom is 0.335 e. The third-order valence-corrected chi connectivity index (χ3v) is 6.09. The van der Waals surface area contributed by atoms with E-state index in [0.29, 0.717) is 8.66 Å². The zero-order chi connectivity index (χ0) is 15.8. The van der Waals surface area contributed by atoms with Crippen LogP contribution in [0.1, 0.15) is 15.2 Å². The normalized spacial score (nSPS) is 11.4. The second kappa shape index (κ2) is 5.96. The van der Waals surface area contributed by atoms with Gasteiger partial charge in [0.25, 0.3) is 10.0 Å². The van der Waals surface area contributed by atoms with Gasteiger partial charge in [-0.15, -0.1) is 11.3 Å². The van der Waals surface area contributed by atoms with Gasteiger partial charge in [-0.3, -0.25) is 4.72 Å². The van der Waals surface area contributed by atoms with Gasteiger partial charge in [-0.05, 0) is 47.1 Å². The number of hydrogen-bond donors (Lipinski definition) is 2. The lowest BCUT2D eigenvalue weighted by atomic mass is 10.2. The SMILES string of the molecule is Cc1sc(Br)cc1S(=O)(=O)Nc1cc(C(=O)O)ccc1Cl. The predicted octanol–water partition coefficient (Wildman–Crippen LogP) is 3.97. The number of rotatable bonds is 4. The Hall–Kier alpha value is -1.09. The van der Waals surface area contributed by atoms with E-state index in [1.807, 2.05) is 0 Å². The number of carbonyl (C=O) groups is 1. The first kappa shape index (κ1) is 16.3. The summed E-state index contributed by atoms with van der Waals surface area (Å²) in [6, 6.07) is 5.30. The molecule has 112 valence electrons. The molecule has 21 heavy (non-hydrogen) atoms. The van der Waals surface area contributed by atoms with Gasteiger partial charge in [0.05, 0.1) is 20.1 Å². The van der Waals surface area contributed by atoms with E-state index in [4.69, 9.17) is 16.7 Å². The number of thiophene rings is 1. The van der Waals surface area contributed by atoms with Gasteiger partial charge in [-0.25, -0.2) is 13.2 Å². The minimum Gasteiger partial charge on any atom is -0.478 e. The highest BCUT2D eigenvalue weighted by molar-refractivity contribution is 9.11. The van der Waals surface area contributed by atoms with Crippen molar-refractivity contribution in [3.63, 3.8) is 0 Å². The molecule has 0 bridgehead atoms. The highest BCUT2D eigenvalue weighted by atomic mass is 79.9. The summed E-state index contributed by atoms with van der Waals surface area (Å²) >= 11 is 10.4. The predicted molar refractivity (Wildman–Crippen MR) is 86.0 cm³/mol. The average Bonchev–Trinajstić information content (AvgIpc) is 2.71. The number of halogens is 2. The standard InChI is InChI=1S/C12H9BrClNO4S2/c1-6-10(5-11(13)20-6)21(18,19)15-9-4-7(12(16)17)2-3-8(9)14/h2-5,15H,1H3,(H,16,17). The van der Waals surface area contributed by atoms with Crippen LogP contribution >= 0.6 is 38.9 Å². The number of nitrogens with one attached hydrogen (secondary N) is 1. The number of hydrogen-bond acceptors (Lipinski definition) is 4. The fourth-order valence-electron chi connectivity index (χ4n) is 1.63. The molecule has 2 N–H and O–H groups in total. The Balaban J connectivity index is 2.43. The Morgan fingerprint density at radius 1 is 1.38 bits per heavy atom. The summed E-state index contributed by atoms with van der Waals surface area (Å²) in [5.74, 6) is -1.17. The van der Waals surface area contributed by atoms with Crippen LogP contribution in [0, 0.1) is 6.92 Å². The Bertz CT molecular complexity index is 817. The summed E-state index contributed by atoms with van der Waals surface area (Å²) in [7, 11) is -3.84. The first-order valence-corrected chi connectivity index (χ1v) is 8.99. The summed E-state index contributed by atoms with van der Waals surface area (Å²) in [5, 5.41) is 9.06. The lowest BCUT2D eigenvalue weighted by Gasteiger charge is -2.10. The van der Waals surface area contributed by atoms with Crippen LogP contribution in [0.3, 0.4) is 0 Å². The largest absolute Gasteiger partial charge is 0.478 e. The fraction of sp³-hybridized carbons (Fsp3) is 0.0833. The minimum atomic E-state index is -3.84. The number of sulfonamides is 1. The highest BCUT2D eigenvalue weighted by Gasteiger charge is 2.21. The van der Waals surface area contributed by atoms with Gasteiger partial charge in [0.2, 0.25) is 0 Å². The van der Waals surface area contributed by atoms with Crippen molar-refractivity contribution in [2.45, 2.75) is 11.8 Å². The van der Waals surface area contributed by atoms with Crippen LogP contribution in [0.25, 0.3) is 0 Å². The molecule has 1 aromatic carbocycles. The number of carboxylic acid groups (broad SMARTS) is 1. The summed E-state index contributed by atoms with van der Waals surface area (Å²) in [4.78, 5) is 11.7. The van der Waals surface area contributed by atoms with Crippen LogP contribution < -0.4 is 4.72 Å². The molecule has 1 heterocycles. The molecule has 1 aromatic heterocycles. The van der Waals surface area contributed by atoms with E-state index in [1.54, 1.807) is 6.92 Å². The molecule has 0 fully saturated rings. The van der Waals surface area contributed by atoms with Crippen molar-refractivity contribution in [3.8, 4) is 0 Å². The quantitative estimate of drug-likeness (QED) is 0.799. The minimum absolute atomic E-state index is 0.0262. The lowest BCUT2D eigenvalue weighted by Crippen LogP contribution is -2.14. The summed E-state index contributed by atoms with van der Waals surface area (Å²) in [6.45, 7) is 1.68. The molecule has 0 spiro atoms. The zero-order valence-electron chi connectivity index (χ0n) is 10.6. The number of anilines is 1. The van der Waals surface area contributed by atoms with Gasteiger partial charge in [-0.2, -0.15) is 0 Å². The monoisotopic (exact) mass is 409 g/mol. The smallest absolute Gasteiger partial charge is 0.335 e. The van der Waals surface area contributed by atoms with Crippen molar-refractivity contribution >= 4 is 60.5 Å². The summed E-state index contributed by atoms with van der Waals surface area (Å²) in [6.07, 6.45) is 0. The second-order valence-corrected chi connectivity index (χ2v) is 8.77. The third kappa shape index (κ3) is 3.57. The number of benzene rings is 1. The molecule has 0 aliphatic heterocycles. The van der Waals surface area contributed by atoms with Gasteiger partial charge in [0, 0.05) is 4.88 Å². The van der Waals surface area contributed by atoms with E-state index < -0.39 is 16.0 Å². The number of carboxylic acids is 1. The van der Waals surface area contributed by atoms with Crippen molar-refractivity contribution in [2.75, 3.05) is 4.72 Å². The van der Waals surface area contributed by atoms with Gasteiger partial charge >= 0.3 is 5.97 Å². The molecule has 0 aliphatic carbocycles. The van der Waals surface area contributed by atoms with Gasteiger partial charge < -0.3 is 5.11 Å². The van der Waals surface area contributed by atoms with E-state index in [-0.39, 0.29) is 21.2 Å². The molecular weight excluding hydrogens is 402 g/mol. The molecule has 0 saturated heterocycles. The zero-order valence-corrected chi connectivity index (χ0v) is 14.5. The average molecular weight is 411 g/mol. The van der Waals surface area contributed by atoms with Crippen LogP contribution in [0.15, 0.2) is 32.9 Å². The van der Waals surface area contributed by atoms with E-state index in [0.717, 1.165) is 0 Å². The van der Waals surface area contributed by atoms with Gasteiger partial charge in [0.15, 0.2) is 0 Å². The molecule has 0 radical (unpaired) electrons. The van der Waals surface area contributed by atoms with Crippen molar-refractivity contribution in [1.29, 1.82) is 0 Å². The first-order chi connectivity index (χ1) is 9.70. The molecule has 0 amide bonds. The fourth-order valence-corrected chi connectivity index (χ4v) is 5.34.